The first-order valence-electron chi connectivity index (χ1n) is 10.2. The highest BCUT2D eigenvalue weighted by atomic mass is 32.2. The second-order valence-corrected chi connectivity index (χ2v) is 10.2. The van der Waals surface area contributed by atoms with Gasteiger partial charge in [-0.25, -0.2) is 0 Å². The van der Waals surface area contributed by atoms with Crippen LogP contribution in [0.25, 0.3) is 0 Å². The molecule has 2 N–H and O–H groups in total. The van der Waals surface area contributed by atoms with E-state index in [1.54, 1.807) is 7.11 Å². The van der Waals surface area contributed by atoms with Gasteiger partial charge < -0.3 is 8.92 Å². The van der Waals surface area contributed by atoms with Crippen molar-refractivity contribution >= 4 is 10.3 Å². The molecule has 5 atom stereocenters. The maximum absolute atomic E-state index is 11.4. The number of hydrogen-bond acceptors (Lipinski definition) is 4. The van der Waals surface area contributed by atoms with Crippen LogP contribution in [0.4, 0.5) is 0 Å². The molecule has 3 aliphatic rings. The van der Waals surface area contributed by atoms with Gasteiger partial charge in [-0.05, 0) is 84.5 Å². The minimum atomic E-state index is -4.07. The summed E-state index contributed by atoms with van der Waals surface area (Å²) >= 11 is 0. The number of hydrogen-bond donors (Lipinski definition) is 1. The molecule has 0 spiro atoms. The van der Waals surface area contributed by atoms with E-state index in [0.717, 1.165) is 18.3 Å². The molecule has 4 rings (SSSR count). The van der Waals surface area contributed by atoms with Gasteiger partial charge in [0.25, 0.3) is 0 Å². The van der Waals surface area contributed by atoms with Crippen molar-refractivity contribution in [3.05, 3.63) is 23.3 Å². The predicted octanol–water partition coefficient (Wildman–Crippen LogP) is 4.16. The third-order valence-electron chi connectivity index (χ3n) is 7.93. The molecule has 5 nitrogen and oxygen atoms in total. The van der Waals surface area contributed by atoms with E-state index in [2.05, 4.69) is 13.8 Å². The number of aryl methyl sites for hydroxylation is 1. The van der Waals surface area contributed by atoms with Crippen molar-refractivity contribution < 1.29 is 17.3 Å². The van der Waals surface area contributed by atoms with E-state index < -0.39 is 10.3 Å². The average molecular weight is 394 g/mol. The van der Waals surface area contributed by atoms with Gasteiger partial charge in [0.15, 0.2) is 11.5 Å². The van der Waals surface area contributed by atoms with E-state index in [9.17, 15) is 8.42 Å². The Hall–Kier alpha value is -1.27. The molecule has 0 radical (unpaired) electrons. The number of nitrogens with two attached hydrogens (primary N) is 1. The first-order valence-corrected chi connectivity index (χ1v) is 11.6. The van der Waals surface area contributed by atoms with E-state index in [0.29, 0.717) is 23.0 Å². The van der Waals surface area contributed by atoms with Crippen molar-refractivity contribution in [3.63, 3.8) is 0 Å². The number of fused-ring (bicyclic) bond motifs is 5. The van der Waals surface area contributed by atoms with Crippen LogP contribution < -0.4 is 14.1 Å². The molecule has 0 aromatic heterocycles. The zero-order valence-corrected chi connectivity index (χ0v) is 17.3. The average Bonchev–Trinajstić information content (AvgIpc) is 2.60. The fourth-order valence-electron chi connectivity index (χ4n) is 6.40. The van der Waals surface area contributed by atoms with Gasteiger partial charge in [0.05, 0.1) is 7.11 Å². The standard InChI is InChI=1S/C21H31NO4S/c1-13-5-4-6-18-16-8-7-14-11-20(26-27(22,23)24)19(25-3)12-17(14)15(16)9-10-21(13,18)2/h11-13,15-16,18H,4-10H2,1-3H3,(H2,22,23,24)/t13-,15?,16?,18?,21+/m0/s1. The molecule has 2 saturated carbocycles. The number of methoxy groups -OCH3 is 1. The number of benzene rings is 1. The molecule has 27 heavy (non-hydrogen) atoms. The van der Waals surface area contributed by atoms with Crippen molar-refractivity contribution in [1.82, 2.24) is 0 Å². The topological polar surface area (TPSA) is 78.6 Å². The lowest BCUT2D eigenvalue weighted by Gasteiger charge is -2.57. The second kappa shape index (κ2) is 6.66. The Morgan fingerprint density at radius 1 is 1.15 bits per heavy atom. The summed E-state index contributed by atoms with van der Waals surface area (Å²) in [6, 6.07) is 3.83. The Kier molecular flexibility index (Phi) is 4.70. The Morgan fingerprint density at radius 3 is 2.63 bits per heavy atom. The van der Waals surface area contributed by atoms with Gasteiger partial charge in [-0.2, -0.15) is 13.6 Å². The molecule has 150 valence electrons. The van der Waals surface area contributed by atoms with Gasteiger partial charge in [-0.3, -0.25) is 0 Å². The Bertz CT molecular complexity index is 837. The minimum Gasteiger partial charge on any atom is -0.493 e. The summed E-state index contributed by atoms with van der Waals surface area (Å²) < 4.78 is 33.2. The summed E-state index contributed by atoms with van der Waals surface area (Å²) in [6.07, 6.45) is 8.67. The van der Waals surface area contributed by atoms with Crippen molar-refractivity contribution in [2.45, 2.75) is 64.7 Å². The number of rotatable bonds is 3. The summed E-state index contributed by atoms with van der Waals surface area (Å²) in [5.41, 5.74) is 2.98. The predicted molar refractivity (Wildman–Crippen MR) is 105 cm³/mol. The first kappa shape index (κ1) is 19.1. The van der Waals surface area contributed by atoms with E-state index in [1.165, 1.54) is 49.7 Å². The fraction of sp³-hybridized carbons (Fsp3) is 0.714. The van der Waals surface area contributed by atoms with Crippen LogP contribution in [-0.4, -0.2) is 15.5 Å². The third kappa shape index (κ3) is 3.25. The summed E-state index contributed by atoms with van der Waals surface area (Å²) in [5.74, 6) is 3.50. The lowest BCUT2D eigenvalue weighted by Crippen LogP contribution is -2.47. The van der Waals surface area contributed by atoms with Crippen molar-refractivity contribution in [1.29, 1.82) is 0 Å². The van der Waals surface area contributed by atoms with Crippen LogP contribution in [0, 0.1) is 23.2 Å². The first-order chi connectivity index (χ1) is 12.7. The maximum Gasteiger partial charge on any atom is 0.380 e. The zero-order chi connectivity index (χ0) is 19.4. The minimum absolute atomic E-state index is 0.198. The Morgan fingerprint density at radius 2 is 1.93 bits per heavy atom. The normalized spacial score (nSPS) is 35.6. The monoisotopic (exact) mass is 393 g/mol. The van der Waals surface area contributed by atoms with Crippen LogP contribution in [0.2, 0.25) is 0 Å². The summed E-state index contributed by atoms with van der Waals surface area (Å²) in [5, 5.41) is 5.07. The van der Waals surface area contributed by atoms with E-state index in [4.69, 9.17) is 14.1 Å². The molecule has 1 aromatic rings. The second-order valence-electron chi connectivity index (χ2n) is 9.07. The smallest absolute Gasteiger partial charge is 0.380 e. The van der Waals surface area contributed by atoms with Gasteiger partial charge in [0, 0.05) is 0 Å². The summed E-state index contributed by atoms with van der Waals surface area (Å²) in [6.45, 7) is 4.97. The van der Waals surface area contributed by atoms with Crippen LogP contribution in [0.5, 0.6) is 11.5 Å². The molecule has 0 aliphatic heterocycles. The molecule has 3 aliphatic carbocycles. The molecular formula is C21H31NO4S. The number of ether oxygens (including phenoxy) is 1. The molecule has 0 amide bonds. The molecule has 3 unspecified atom stereocenters. The Labute approximate surface area is 162 Å². The fourth-order valence-corrected chi connectivity index (χ4v) is 6.79. The van der Waals surface area contributed by atoms with Crippen LogP contribution in [0.15, 0.2) is 12.1 Å². The van der Waals surface area contributed by atoms with E-state index in [-0.39, 0.29) is 5.75 Å². The van der Waals surface area contributed by atoms with Crippen LogP contribution >= 0.6 is 0 Å². The highest BCUT2D eigenvalue weighted by molar-refractivity contribution is 7.84. The van der Waals surface area contributed by atoms with Crippen molar-refractivity contribution in [3.8, 4) is 11.5 Å². The highest BCUT2D eigenvalue weighted by Crippen LogP contribution is 2.61. The van der Waals surface area contributed by atoms with Crippen LogP contribution in [-0.2, 0) is 16.7 Å². The molecular weight excluding hydrogens is 362 g/mol. The van der Waals surface area contributed by atoms with Gasteiger partial charge in [-0.15, -0.1) is 0 Å². The molecule has 6 heteroatoms. The van der Waals surface area contributed by atoms with Crippen molar-refractivity contribution in [2.24, 2.45) is 28.3 Å². The summed E-state index contributed by atoms with van der Waals surface area (Å²) in [4.78, 5) is 0. The van der Waals surface area contributed by atoms with Gasteiger partial charge in [0.1, 0.15) is 0 Å². The van der Waals surface area contributed by atoms with Crippen LogP contribution in [0.1, 0.15) is 69.4 Å². The lowest BCUT2D eigenvalue weighted by atomic mass is 9.48. The van der Waals surface area contributed by atoms with Crippen molar-refractivity contribution in [2.75, 3.05) is 7.11 Å². The molecule has 2 fully saturated rings. The molecule has 0 saturated heterocycles. The van der Waals surface area contributed by atoms with Gasteiger partial charge in [0.2, 0.25) is 0 Å². The summed E-state index contributed by atoms with van der Waals surface area (Å²) in [7, 11) is -2.53. The quantitative estimate of drug-likeness (QED) is 0.836. The van der Waals surface area contributed by atoms with E-state index in [1.807, 2.05) is 12.1 Å². The maximum atomic E-state index is 11.4. The molecule has 0 bridgehead atoms. The third-order valence-corrected chi connectivity index (χ3v) is 8.34. The van der Waals surface area contributed by atoms with E-state index >= 15 is 0 Å². The Balaban J connectivity index is 1.70. The largest absolute Gasteiger partial charge is 0.493 e. The van der Waals surface area contributed by atoms with Crippen LogP contribution in [0.3, 0.4) is 0 Å². The van der Waals surface area contributed by atoms with Gasteiger partial charge >= 0.3 is 10.3 Å². The zero-order valence-electron chi connectivity index (χ0n) is 16.5. The van der Waals surface area contributed by atoms with Gasteiger partial charge in [-0.1, -0.05) is 26.7 Å². The lowest BCUT2D eigenvalue weighted by molar-refractivity contribution is -0.0434. The highest BCUT2D eigenvalue weighted by Gasteiger charge is 2.51. The molecule has 0 heterocycles. The molecule has 1 aromatic carbocycles. The SMILES string of the molecule is COc1cc2c(cc1OS(N)(=O)=O)CCC1C2CC[C@@]2(C)C1CCC[C@@H]2C.